The molecule has 2 rings (SSSR count). The van der Waals surface area contributed by atoms with Crippen LogP contribution in [0.1, 0.15) is 11.7 Å². The van der Waals surface area contributed by atoms with E-state index >= 15 is 0 Å². The maximum atomic E-state index is 12.3. The van der Waals surface area contributed by atoms with Crippen LogP contribution in [0.3, 0.4) is 0 Å². The fourth-order valence-electron chi connectivity index (χ4n) is 2.00. The minimum atomic E-state index is -3.65. The van der Waals surface area contributed by atoms with Crippen LogP contribution in [0.4, 0.5) is 0 Å². The molecule has 1 unspecified atom stereocenters. The third-order valence-corrected chi connectivity index (χ3v) is 4.99. The van der Waals surface area contributed by atoms with Gasteiger partial charge in [0.1, 0.15) is 5.75 Å². The van der Waals surface area contributed by atoms with Crippen molar-refractivity contribution in [3.8, 4) is 5.75 Å². The summed E-state index contributed by atoms with van der Waals surface area (Å²) in [5, 5.41) is 10.5. The quantitative estimate of drug-likeness (QED) is 0.917. The molecule has 2 aromatic rings. The molecule has 4 nitrogen and oxygen atoms in total. The van der Waals surface area contributed by atoms with Crippen molar-refractivity contribution in [2.24, 2.45) is 0 Å². The van der Waals surface area contributed by atoms with Gasteiger partial charge in [0.25, 0.3) is 0 Å². The van der Waals surface area contributed by atoms with Gasteiger partial charge in [-0.3, -0.25) is 0 Å². The molecule has 0 heterocycles. The molecule has 0 aromatic heterocycles. The molecule has 0 radical (unpaired) electrons. The summed E-state index contributed by atoms with van der Waals surface area (Å²) >= 11 is 5.81. The zero-order valence-corrected chi connectivity index (χ0v) is 12.9. The Labute approximate surface area is 128 Å². The molecule has 0 aliphatic heterocycles. The predicted octanol–water partition coefficient (Wildman–Crippen LogP) is 2.86. The van der Waals surface area contributed by atoms with Crippen LogP contribution in [-0.2, 0) is 9.84 Å². The Morgan fingerprint density at radius 1 is 1.19 bits per heavy atom. The number of methoxy groups -OCH3 is 1. The van der Waals surface area contributed by atoms with Crippen molar-refractivity contribution in [1.29, 1.82) is 0 Å². The van der Waals surface area contributed by atoms with Crippen LogP contribution < -0.4 is 4.74 Å². The lowest BCUT2D eigenvalue weighted by Gasteiger charge is -2.15. The van der Waals surface area contributed by atoms with Crippen molar-refractivity contribution >= 4 is 21.4 Å². The second-order valence-corrected chi connectivity index (χ2v) is 6.97. The summed E-state index contributed by atoms with van der Waals surface area (Å²) in [6, 6.07) is 12.7. The fourth-order valence-corrected chi connectivity index (χ4v) is 3.63. The number of aliphatic hydroxyl groups excluding tert-OH is 1. The van der Waals surface area contributed by atoms with Gasteiger partial charge in [-0.1, -0.05) is 35.9 Å². The number of halogens is 1. The van der Waals surface area contributed by atoms with E-state index < -0.39 is 21.7 Å². The van der Waals surface area contributed by atoms with Crippen LogP contribution in [-0.4, -0.2) is 26.4 Å². The van der Waals surface area contributed by atoms with E-state index in [4.69, 9.17) is 16.3 Å². The SMILES string of the molecule is COc1ccccc1C(O)CS(=O)(=O)c1cccc(Cl)c1. The number of sulfone groups is 1. The highest BCUT2D eigenvalue weighted by molar-refractivity contribution is 7.91. The fraction of sp³-hybridized carbons (Fsp3) is 0.200. The van der Waals surface area contributed by atoms with Crippen LogP contribution in [0.15, 0.2) is 53.4 Å². The van der Waals surface area contributed by atoms with Crippen LogP contribution in [0, 0.1) is 0 Å². The third-order valence-electron chi connectivity index (χ3n) is 3.03. The Bertz CT molecular complexity index is 728. The molecular formula is C15H15ClO4S. The number of hydrogen-bond donors (Lipinski definition) is 1. The average Bonchev–Trinajstić information content (AvgIpc) is 2.46. The third kappa shape index (κ3) is 3.75. The number of ether oxygens (including phenoxy) is 1. The average molecular weight is 327 g/mol. The maximum absolute atomic E-state index is 12.3. The van der Waals surface area contributed by atoms with E-state index in [1.807, 2.05) is 0 Å². The van der Waals surface area contributed by atoms with Crippen molar-refractivity contribution < 1.29 is 18.3 Å². The van der Waals surface area contributed by atoms with Gasteiger partial charge in [-0.25, -0.2) is 8.42 Å². The van der Waals surface area contributed by atoms with Gasteiger partial charge in [0.2, 0.25) is 0 Å². The molecule has 2 aromatic carbocycles. The maximum Gasteiger partial charge on any atom is 0.181 e. The number of benzene rings is 2. The summed E-state index contributed by atoms with van der Waals surface area (Å²) in [5.74, 6) is 0.0135. The highest BCUT2D eigenvalue weighted by atomic mass is 35.5. The van der Waals surface area contributed by atoms with Crippen LogP contribution in [0.2, 0.25) is 5.02 Å². The molecule has 0 saturated carbocycles. The van der Waals surface area contributed by atoms with Gasteiger partial charge >= 0.3 is 0 Å². The summed E-state index contributed by atoms with van der Waals surface area (Å²) in [7, 11) is -2.18. The summed E-state index contributed by atoms with van der Waals surface area (Å²) in [6.07, 6.45) is -1.18. The molecule has 0 amide bonds. The highest BCUT2D eigenvalue weighted by Crippen LogP contribution is 2.27. The molecule has 0 fully saturated rings. The summed E-state index contributed by atoms with van der Waals surface area (Å²) < 4.78 is 29.7. The van der Waals surface area contributed by atoms with Crippen LogP contribution in [0.25, 0.3) is 0 Å². The number of rotatable bonds is 5. The largest absolute Gasteiger partial charge is 0.496 e. The smallest absolute Gasteiger partial charge is 0.181 e. The zero-order valence-electron chi connectivity index (χ0n) is 11.4. The molecule has 0 bridgehead atoms. The lowest BCUT2D eigenvalue weighted by Crippen LogP contribution is -2.15. The Balaban J connectivity index is 2.28. The van der Waals surface area contributed by atoms with Crippen molar-refractivity contribution in [3.05, 3.63) is 59.1 Å². The van der Waals surface area contributed by atoms with Gasteiger partial charge in [-0.15, -0.1) is 0 Å². The second kappa shape index (κ2) is 6.47. The Hall–Kier alpha value is -1.56. The summed E-state index contributed by atoms with van der Waals surface area (Å²) in [4.78, 5) is 0.0870. The first kappa shape index (κ1) is 15.8. The molecule has 1 N–H and O–H groups in total. The predicted molar refractivity (Wildman–Crippen MR) is 81.5 cm³/mol. The van der Waals surface area contributed by atoms with E-state index in [0.717, 1.165) is 0 Å². The van der Waals surface area contributed by atoms with Crippen molar-refractivity contribution in [2.75, 3.05) is 12.9 Å². The monoisotopic (exact) mass is 326 g/mol. The minimum absolute atomic E-state index is 0.0870. The summed E-state index contributed by atoms with van der Waals surface area (Å²) in [6.45, 7) is 0. The molecule has 1 atom stereocenters. The number of hydrogen-bond acceptors (Lipinski definition) is 4. The Morgan fingerprint density at radius 3 is 2.57 bits per heavy atom. The number of para-hydroxylation sites is 1. The van der Waals surface area contributed by atoms with Gasteiger partial charge in [0, 0.05) is 10.6 Å². The molecule has 21 heavy (non-hydrogen) atoms. The molecule has 0 aliphatic carbocycles. The Kier molecular flexibility index (Phi) is 4.88. The number of aliphatic hydroxyl groups is 1. The van der Waals surface area contributed by atoms with Crippen LogP contribution >= 0.6 is 11.6 Å². The molecule has 0 spiro atoms. The van der Waals surface area contributed by atoms with Gasteiger partial charge in [-0.05, 0) is 24.3 Å². The first-order valence-corrected chi connectivity index (χ1v) is 8.26. The van der Waals surface area contributed by atoms with Gasteiger partial charge in [0.05, 0.1) is 23.9 Å². The van der Waals surface area contributed by atoms with Crippen molar-refractivity contribution in [2.45, 2.75) is 11.0 Å². The molecule has 0 saturated heterocycles. The normalized spacial score (nSPS) is 12.9. The van der Waals surface area contributed by atoms with E-state index in [1.165, 1.54) is 19.2 Å². The first-order valence-electron chi connectivity index (χ1n) is 6.23. The van der Waals surface area contributed by atoms with Crippen molar-refractivity contribution in [3.63, 3.8) is 0 Å². The van der Waals surface area contributed by atoms with Gasteiger partial charge in [0.15, 0.2) is 9.84 Å². The molecule has 6 heteroatoms. The molecular weight excluding hydrogens is 312 g/mol. The van der Waals surface area contributed by atoms with E-state index in [9.17, 15) is 13.5 Å². The first-order chi connectivity index (χ1) is 9.94. The zero-order chi connectivity index (χ0) is 15.5. The topological polar surface area (TPSA) is 63.6 Å². The second-order valence-electron chi connectivity index (χ2n) is 4.50. The van der Waals surface area contributed by atoms with Gasteiger partial charge in [-0.2, -0.15) is 0 Å². The van der Waals surface area contributed by atoms with E-state index in [2.05, 4.69) is 0 Å². The Morgan fingerprint density at radius 2 is 1.90 bits per heavy atom. The summed E-state index contributed by atoms with van der Waals surface area (Å²) in [5.41, 5.74) is 0.436. The van der Waals surface area contributed by atoms with E-state index in [-0.39, 0.29) is 4.90 Å². The van der Waals surface area contributed by atoms with Gasteiger partial charge < -0.3 is 9.84 Å². The minimum Gasteiger partial charge on any atom is -0.496 e. The molecule has 112 valence electrons. The van der Waals surface area contributed by atoms with Crippen LogP contribution in [0.5, 0.6) is 5.75 Å². The molecule has 0 aliphatic rings. The lowest BCUT2D eigenvalue weighted by atomic mass is 10.1. The van der Waals surface area contributed by atoms with E-state index in [1.54, 1.807) is 36.4 Å². The van der Waals surface area contributed by atoms with Crippen molar-refractivity contribution in [1.82, 2.24) is 0 Å². The van der Waals surface area contributed by atoms with E-state index in [0.29, 0.717) is 16.3 Å². The standard InChI is InChI=1S/C15H15ClO4S/c1-20-15-8-3-2-7-13(15)14(17)10-21(18,19)12-6-4-5-11(16)9-12/h2-9,14,17H,10H2,1H3. The highest BCUT2D eigenvalue weighted by Gasteiger charge is 2.23. The lowest BCUT2D eigenvalue weighted by molar-refractivity contribution is 0.196.